The van der Waals surface area contributed by atoms with E-state index in [-0.39, 0.29) is 11.8 Å². The van der Waals surface area contributed by atoms with Gasteiger partial charge in [-0.2, -0.15) is 0 Å². The van der Waals surface area contributed by atoms with Gasteiger partial charge in [0.2, 0.25) is 11.8 Å². The molecule has 2 amide bonds. The van der Waals surface area contributed by atoms with Crippen LogP contribution in [-0.2, 0) is 9.59 Å². The molecule has 1 fully saturated rings. The molecule has 0 aromatic heterocycles. The predicted octanol–water partition coefficient (Wildman–Crippen LogP) is -0.278. The smallest absolute Gasteiger partial charge is 0.239 e. The van der Waals surface area contributed by atoms with E-state index in [0.717, 1.165) is 6.54 Å². The molecular formula is C13H24N4O2S. The molecule has 0 saturated carbocycles. The third kappa shape index (κ3) is 4.42. The van der Waals surface area contributed by atoms with Crippen molar-refractivity contribution in [1.82, 2.24) is 15.1 Å². The quantitative estimate of drug-likeness (QED) is 0.660. The van der Waals surface area contributed by atoms with Gasteiger partial charge in [-0.05, 0) is 13.8 Å². The molecule has 0 unspecified atom stereocenters. The van der Waals surface area contributed by atoms with Gasteiger partial charge in [-0.1, -0.05) is 12.2 Å². The van der Waals surface area contributed by atoms with Crippen molar-refractivity contribution in [3.05, 3.63) is 0 Å². The normalized spacial score (nSPS) is 18.4. The van der Waals surface area contributed by atoms with Crippen LogP contribution in [0.4, 0.5) is 0 Å². The lowest BCUT2D eigenvalue weighted by atomic mass is 9.98. The zero-order valence-electron chi connectivity index (χ0n) is 12.4. The van der Waals surface area contributed by atoms with Gasteiger partial charge in [-0.25, -0.2) is 0 Å². The van der Waals surface area contributed by atoms with Gasteiger partial charge < -0.3 is 16.0 Å². The van der Waals surface area contributed by atoms with E-state index < -0.39 is 5.54 Å². The molecule has 0 atom stereocenters. The zero-order chi connectivity index (χ0) is 15.3. The molecule has 0 radical (unpaired) electrons. The maximum absolute atomic E-state index is 12.0. The molecule has 1 heterocycles. The molecule has 114 valence electrons. The molecule has 0 aromatic carbocycles. The van der Waals surface area contributed by atoms with Crippen LogP contribution in [0.1, 0.15) is 26.7 Å². The van der Waals surface area contributed by atoms with E-state index in [1.165, 1.54) is 0 Å². The van der Waals surface area contributed by atoms with E-state index in [1.807, 2.05) is 18.7 Å². The first-order chi connectivity index (χ1) is 9.25. The lowest BCUT2D eigenvalue weighted by Crippen LogP contribution is -2.62. The Morgan fingerprint density at radius 1 is 1.50 bits per heavy atom. The average molecular weight is 300 g/mol. The molecular weight excluding hydrogens is 276 g/mol. The first kappa shape index (κ1) is 16.8. The maximum atomic E-state index is 12.0. The summed E-state index contributed by atoms with van der Waals surface area (Å²) in [5.41, 5.74) is 4.86. The molecule has 0 aliphatic carbocycles. The first-order valence-corrected chi connectivity index (χ1v) is 7.21. The number of carbonyl (C=O) groups excluding carboxylic acids is 2. The Kier molecular flexibility index (Phi) is 5.88. The molecule has 1 aliphatic heterocycles. The number of nitrogens with zero attached hydrogens (tertiary/aromatic N) is 2. The van der Waals surface area contributed by atoms with E-state index in [2.05, 4.69) is 5.32 Å². The average Bonchev–Trinajstić information content (AvgIpc) is 2.37. The van der Waals surface area contributed by atoms with Crippen LogP contribution in [0.2, 0.25) is 0 Å². The summed E-state index contributed by atoms with van der Waals surface area (Å²) in [5.74, 6) is 0.0565. The Balaban J connectivity index is 2.43. The number of amides is 2. The maximum Gasteiger partial charge on any atom is 0.239 e. The number of hydrogen-bond acceptors (Lipinski definition) is 4. The summed E-state index contributed by atoms with van der Waals surface area (Å²) < 4.78 is 0. The van der Waals surface area contributed by atoms with E-state index >= 15 is 0 Å². The summed E-state index contributed by atoms with van der Waals surface area (Å²) in [6, 6.07) is 0. The molecule has 1 aliphatic rings. The molecule has 20 heavy (non-hydrogen) atoms. The molecule has 0 bridgehead atoms. The van der Waals surface area contributed by atoms with E-state index in [4.69, 9.17) is 18.0 Å². The van der Waals surface area contributed by atoms with Crippen molar-refractivity contribution in [3.63, 3.8) is 0 Å². The van der Waals surface area contributed by atoms with Crippen molar-refractivity contribution >= 4 is 29.0 Å². The van der Waals surface area contributed by atoms with E-state index in [9.17, 15) is 9.59 Å². The minimum absolute atomic E-state index is 0.0121. The molecule has 0 spiro atoms. The summed E-state index contributed by atoms with van der Waals surface area (Å²) in [5, 5.41) is 2.84. The van der Waals surface area contributed by atoms with Crippen LogP contribution in [0.5, 0.6) is 0 Å². The van der Waals surface area contributed by atoms with Crippen LogP contribution < -0.4 is 11.1 Å². The minimum atomic E-state index is -0.560. The van der Waals surface area contributed by atoms with Crippen molar-refractivity contribution < 1.29 is 9.59 Å². The molecule has 7 heteroatoms. The van der Waals surface area contributed by atoms with Gasteiger partial charge in [-0.15, -0.1) is 0 Å². The fourth-order valence-corrected chi connectivity index (χ4v) is 2.25. The van der Waals surface area contributed by atoms with Gasteiger partial charge in [0, 0.05) is 46.1 Å². The molecule has 3 N–H and O–H groups in total. The number of rotatable bonds is 6. The number of piperazine rings is 1. The highest BCUT2D eigenvalue weighted by Crippen LogP contribution is 2.17. The van der Waals surface area contributed by atoms with Crippen LogP contribution in [0, 0.1) is 0 Å². The van der Waals surface area contributed by atoms with Crippen LogP contribution in [0.15, 0.2) is 0 Å². The van der Waals surface area contributed by atoms with Gasteiger partial charge in [0.05, 0.1) is 10.5 Å². The number of nitrogens with two attached hydrogens (primary N) is 1. The summed E-state index contributed by atoms with van der Waals surface area (Å²) in [6.45, 7) is 6.27. The summed E-state index contributed by atoms with van der Waals surface area (Å²) >= 11 is 4.80. The highest BCUT2D eigenvalue weighted by atomic mass is 32.1. The Hall–Kier alpha value is -1.21. The van der Waals surface area contributed by atoms with Crippen LogP contribution in [-0.4, -0.2) is 65.4 Å². The molecule has 6 nitrogen and oxygen atoms in total. The first-order valence-electron chi connectivity index (χ1n) is 6.80. The fraction of sp³-hybridized carbons (Fsp3) is 0.769. The number of nitrogens with one attached hydrogen (secondary N) is 1. The third-order valence-electron chi connectivity index (χ3n) is 3.73. The highest BCUT2D eigenvalue weighted by Gasteiger charge is 2.37. The predicted molar refractivity (Wildman–Crippen MR) is 82.3 cm³/mol. The SMILES string of the molecule is CN(CCC(N)=S)C(=O)CCN1CCNC(=O)C1(C)C. The van der Waals surface area contributed by atoms with Crippen molar-refractivity contribution in [2.75, 3.05) is 33.2 Å². The number of thiocarbonyl (C=S) groups is 1. The fourth-order valence-electron chi connectivity index (χ4n) is 2.16. The van der Waals surface area contributed by atoms with Crippen molar-refractivity contribution in [3.8, 4) is 0 Å². The van der Waals surface area contributed by atoms with E-state index in [0.29, 0.717) is 37.5 Å². The lowest BCUT2D eigenvalue weighted by Gasteiger charge is -2.41. The largest absolute Gasteiger partial charge is 0.393 e. The number of hydrogen-bond donors (Lipinski definition) is 2. The second-order valence-electron chi connectivity index (χ2n) is 5.58. The van der Waals surface area contributed by atoms with Crippen molar-refractivity contribution in [1.29, 1.82) is 0 Å². The molecule has 0 aromatic rings. The third-order valence-corrected chi connectivity index (χ3v) is 3.93. The summed E-state index contributed by atoms with van der Waals surface area (Å²) in [4.78, 5) is 27.9. The lowest BCUT2D eigenvalue weighted by molar-refractivity contribution is -0.137. The van der Waals surface area contributed by atoms with Gasteiger partial charge in [0.25, 0.3) is 0 Å². The van der Waals surface area contributed by atoms with Gasteiger partial charge in [0.15, 0.2) is 0 Å². The topological polar surface area (TPSA) is 78.7 Å². The standard InChI is InChI=1S/C13H24N4O2S/c1-13(2)12(19)15-6-9-17(13)8-5-11(18)16(3)7-4-10(14)20/h4-9H2,1-3H3,(H2,14,20)(H,15,19). The number of carbonyl (C=O) groups is 2. The second-order valence-corrected chi connectivity index (χ2v) is 6.11. The van der Waals surface area contributed by atoms with Crippen molar-refractivity contribution in [2.45, 2.75) is 32.2 Å². The van der Waals surface area contributed by atoms with Gasteiger partial charge in [0.1, 0.15) is 0 Å². The van der Waals surface area contributed by atoms with Crippen LogP contribution in [0.25, 0.3) is 0 Å². The zero-order valence-corrected chi connectivity index (χ0v) is 13.3. The molecule has 1 saturated heterocycles. The van der Waals surface area contributed by atoms with Gasteiger partial charge >= 0.3 is 0 Å². The Morgan fingerprint density at radius 3 is 2.75 bits per heavy atom. The summed E-state index contributed by atoms with van der Waals surface area (Å²) in [6.07, 6.45) is 0.930. The van der Waals surface area contributed by atoms with E-state index in [1.54, 1.807) is 11.9 Å². The van der Waals surface area contributed by atoms with Crippen LogP contribution in [0.3, 0.4) is 0 Å². The Morgan fingerprint density at radius 2 is 2.15 bits per heavy atom. The summed E-state index contributed by atoms with van der Waals surface area (Å²) in [7, 11) is 1.74. The highest BCUT2D eigenvalue weighted by molar-refractivity contribution is 7.80. The monoisotopic (exact) mass is 300 g/mol. The second kappa shape index (κ2) is 6.99. The molecule has 1 rings (SSSR count). The Labute approximate surface area is 125 Å². The van der Waals surface area contributed by atoms with Gasteiger partial charge in [-0.3, -0.25) is 14.5 Å². The minimum Gasteiger partial charge on any atom is -0.393 e. The Bertz CT molecular complexity index is 398. The van der Waals surface area contributed by atoms with Crippen molar-refractivity contribution in [2.24, 2.45) is 5.73 Å². The van der Waals surface area contributed by atoms with Crippen LogP contribution >= 0.6 is 12.2 Å².